The van der Waals surface area contributed by atoms with Crippen LogP contribution in [0.2, 0.25) is 0 Å². The number of carbonyl (C=O) groups is 1. The third-order valence-corrected chi connectivity index (χ3v) is 3.50. The van der Waals surface area contributed by atoms with Crippen molar-refractivity contribution in [2.45, 2.75) is 26.8 Å². The summed E-state index contributed by atoms with van der Waals surface area (Å²) in [4.78, 5) is 14.3. The van der Waals surface area contributed by atoms with Gasteiger partial charge in [0.05, 0.1) is 6.42 Å². The van der Waals surface area contributed by atoms with Crippen LogP contribution in [0, 0.1) is 6.92 Å². The monoisotopic (exact) mass is 282 g/mol. The topological polar surface area (TPSA) is 46.3 Å². The van der Waals surface area contributed by atoms with Crippen LogP contribution in [0.25, 0.3) is 0 Å². The molecule has 0 aliphatic heterocycles. The summed E-state index contributed by atoms with van der Waals surface area (Å²) in [6.07, 6.45) is 0.394. The molecule has 21 heavy (non-hydrogen) atoms. The van der Waals surface area contributed by atoms with Gasteiger partial charge in [-0.2, -0.15) is 0 Å². The van der Waals surface area contributed by atoms with Gasteiger partial charge in [-0.05, 0) is 37.1 Å². The molecule has 0 saturated heterocycles. The summed E-state index contributed by atoms with van der Waals surface area (Å²) in [5.74, 6) is 0.129. The zero-order valence-electron chi connectivity index (χ0n) is 12.7. The molecule has 3 nitrogen and oxygen atoms in total. The molecular weight excluding hydrogens is 260 g/mol. The Balaban J connectivity index is 2.05. The SMILES string of the molecule is CCN(Cc1cccc(C)c1)C(=O)Cc1cccc(N)c1. The molecule has 2 rings (SSSR count). The lowest BCUT2D eigenvalue weighted by molar-refractivity contribution is -0.130. The lowest BCUT2D eigenvalue weighted by atomic mass is 10.1. The molecule has 110 valence electrons. The van der Waals surface area contributed by atoms with Crippen molar-refractivity contribution >= 4 is 11.6 Å². The number of aryl methyl sites for hydroxylation is 1. The van der Waals surface area contributed by atoms with Gasteiger partial charge in [0.25, 0.3) is 0 Å². The number of anilines is 1. The van der Waals surface area contributed by atoms with Crippen molar-refractivity contribution in [2.24, 2.45) is 0 Å². The Labute approximate surface area is 126 Å². The molecule has 0 spiro atoms. The van der Waals surface area contributed by atoms with Crippen LogP contribution >= 0.6 is 0 Å². The predicted octanol–water partition coefficient (Wildman–Crippen LogP) is 3.17. The van der Waals surface area contributed by atoms with E-state index in [9.17, 15) is 4.79 Å². The number of nitrogens with zero attached hydrogens (tertiary/aromatic N) is 1. The average molecular weight is 282 g/mol. The lowest BCUT2D eigenvalue weighted by Crippen LogP contribution is -2.31. The Kier molecular flexibility index (Phi) is 4.99. The minimum atomic E-state index is 0.129. The number of amides is 1. The standard InChI is InChI=1S/C18H22N2O/c1-3-20(13-16-8-4-6-14(2)10-16)18(21)12-15-7-5-9-17(19)11-15/h4-11H,3,12-13,19H2,1-2H3. The highest BCUT2D eigenvalue weighted by Gasteiger charge is 2.13. The Morgan fingerprint density at radius 1 is 1.10 bits per heavy atom. The second kappa shape index (κ2) is 6.93. The van der Waals surface area contributed by atoms with Crippen LogP contribution < -0.4 is 5.73 Å². The zero-order chi connectivity index (χ0) is 15.2. The van der Waals surface area contributed by atoms with Crippen LogP contribution in [0.1, 0.15) is 23.6 Å². The molecule has 1 amide bonds. The molecule has 0 aliphatic rings. The molecule has 0 atom stereocenters. The molecular formula is C18H22N2O. The van der Waals surface area contributed by atoms with Gasteiger partial charge in [-0.15, -0.1) is 0 Å². The summed E-state index contributed by atoms with van der Waals surface area (Å²) in [7, 11) is 0. The minimum Gasteiger partial charge on any atom is -0.399 e. The fourth-order valence-electron chi connectivity index (χ4n) is 2.40. The van der Waals surface area contributed by atoms with Gasteiger partial charge in [0.15, 0.2) is 0 Å². The summed E-state index contributed by atoms with van der Waals surface area (Å²) >= 11 is 0. The van der Waals surface area contributed by atoms with Crippen molar-refractivity contribution in [3.05, 3.63) is 65.2 Å². The molecule has 0 heterocycles. The van der Waals surface area contributed by atoms with Crippen molar-refractivity contribution in [3.8, 4) is 0 Å². The molecule has 2 aromatic carbocycles. The second-order valence-corrected chi connectivity index (χ2v) is 5.32. The molecule has 0 aromatic heterocycles. The maximum atomic E-state index is 12.4. The summed E-state index contributed by atoms with van der Waals surface area (Å²) in [5.41, 5.74) is 9.79. The van der Waals surface area contributed by atoms with E-state index in [0.717, 1.165) is 11.1 Å². The van der Waals surface area contributed by atoms with Crippen LogP contribution in [-0.2, 0) is 17.8 Å². The molecule has 3 heteroatoms. The number of benzene rings is 2. The largest absolute Gasteiger partial charge is 0.399 e. The quantitative estimate of drug-likeness (QED) is 0.856. The smallest absolute Gasteiger partial charge is 0.227 e. The first-order valence-electron chi connectivity index (χ1n) is 7.26. The lowest BCUT2D eigenvalue weighted by Gasteiger charge is -2.21. The summed E-state index contributed by atoms with van der Waals surface area (Å²) in [6.45, 7) is 5.43. The van der Waals surface area contributed by atoms with E-state index in [1.54, 1.807) is 0 Å². The highest BCUT2D eigenvalue weighted by Crippen LogP contribution is 2.12. The highest BCUT2D eigenvalue weighted by molar-refractivity contribution is 5.79. The number of nitrogen functional groups attached to an aromatic ring is 1. The van der Waals surface area contributed by atoms with Crippen LogP contribution in [0.5, 0.6) is 0 Å². The Hall–Kier alpha value is -2.29. The van der Waals surface area contributed by atoms with Gasteiger partial charge in [-0.1, -0.05) is 42.0 Å². The molecule has 0 fully saturated rings. The van der Waals surface area contributed by atoms with E-state index >= 15 is 0 Å². The van der Waals surface area contributed by atoms with Crippen molar-refractivity contribution in [1.29, 1.82) is 0 Å². The normalized spacial score (nSPS) is 10.4. The van der Waals surface area contributed by atoms with Gasteiger partial charge >= 0.3 is 0 Å². The fraction of sp³-hybridized carbons (Fsp3) is 0.278. The molecule has 0 radical (unpaired) electrons. The third kappa shape index (κ3) is 4.35. The summed E-state index contributed by atoms with van der Waals surface area (Å²) in [5, 5.41) is 0. The van der Waals surface area contributed by atoms with E-state index in [2.05, 4.69) is 25.1 Å². The fourth-order valence-corrected chi connectivity index (χ4v) is 2.40. The van der Waals surface area contributed by atoms with Gasteiger partial charge in [0.2, 0.25) is 5.91 Å². The molecule has 0 saturated carbocycles. The first kappa shape index (κ1) is 15.1. The van der Waals surface area contributed by atoms with E-state index in [1.807, 2.05) is 42.2 Å². The van der Waals surface area contributed by atoms with Crippen LogP contribution in [-0.4, -0.2) is 17.4 Å². The Bertz CT molecular complexity index is 622. The maximum absolute atomic E-state index is 12.4. The van der Waals surface area contributed by atoms with E-state index in [0.29, 0.717) is 25.2 Å². The Morgan fingerprint density at radius 3 is 2.48 bits per heavy atom. The molecule has 0 bridgehead atoms. The van der Waals surface area contributed by atoms with Crippen LogP contribution in [0.3, 0.4) is 0 Å². The number of rotatable bonds is 5. The Morgan fingerprint density at radius 2 is 1.81 bits per heavy atom. The van der Waals surface area contributed by atoms with E-state index in [1.165, 1.54) is 5.56 Å². The average Bonchev–Trinajstić information content (AvgIpc) is 2.44. The van der Waals surface area contributed by atoms with Crippen LogP contribution in [0.15, 0.2) is 48.5 Å². The highest BCUT2D eigenvalue weighted by atomic mass is 16.2. The molecule has 2 N–H and O–H groups in total. The van der Waals surface area contributed by atoms with Crippen molar-refractivity contribution in [2.75, 3.05) is 12.3 Å². The minimum absolute atomic E-state index is 0.129. The number of carbonyl (C=O) groups excluding carboxylic acids is 1. The number of hydrogen-bond donors (Lipinski definition) is 1. The van der Waals surface area contributed by atoms with E-state index in [4.69, 9.17) is 5.73 Å². The summed E-state index contributed by atoms with van der Waals surface area (Å²) < 4.78 is 0. The van der Waals surface area contributed by atoms with Gasteiger partial charge in [0, 0.05) is 18.8 Å². The molecule has 2 aromatic rings. The number of likely N-dealkylation sites (N-methyl/N-ethyl adjacent to an activating group) is 1. The predicted molar refractivity (Wildman–Crippen MR) is 86.8 cm³/mol. The van der Waals surface area contributed by atoms with E-state index < -0.39 is 0 Å². The second-order valence-electron chi connectivity index (χ2n) is 5.32. The van der Waals surface area contributed by atoms with Crippen molar-refractivity contribution in [1.82, 2.24) is 4.90 Å². The third-order valence-electron chi connectivity index (χ3n) is 3.50. The summed E-state index contributed by atoms with van der Waals surface area (Å²) in [6, 6.07) is 15.8. The maximum Gasteiger partial charge on any atom is 0.227 e. The van der Waals surface area contributed by atoms with Gasteiger partial charge < -0.3 is 10.6 Å². The van der Waals surface area contributed by atoms with Crippen molar-refractivity contribution < 1.29 is 4.79 Å². The first-order valence-corrected chi connectivity index (χ1v) is 7.26. The zero-order valence-corrected chi connectivity index (χ0v) is 12.7. The van der Waals surface area contributed by atoms with E-state index in [-0.39, 0.29) is 5.91 Å². The first-order chi connectivity index (χ1) is 10.1. The molecule has 0 unspecified atom stereocenters. The van der Waals surface area contributed by atoms with Crippen molar-refractivity contribution in [3.63, 3.8) is 0 Å². The molecule has 0 aliphatic carbocycles. The number of nitrogens with two attached hydrogens (primary N) is 1. The number of hydrogen-bond acceptors (Lipinski definition) is 2. The van der Waals surface area contributed by atoms with Gasteiger partial charge in [0.1, 0.15) is 0 Å². The van der Waals surface area contributed by atoms with Crippen LogP contribution in [0.4, 0.5) is 5.69 Å². The van der Waals surface area contributed by atoms with Gasteiger partial charge in [-0.3, -0.25) is 4.79 Å². The van der Waals surface area contributed by atoms with Gasteiger partial charge in [-0.25, -0.2) is 0 Å².